The predicted molar refractivity (Wildman–Crippen MR) is 58.2 cm³/mol. The van der Waals surface area contributed by atoms with E-state index < -0.39 is 0 Å². The maximum Gasteiger partial charge on any atom is 0.128 e. The van der Waals surface area contributed by atoms with Crippen molar-refractivity contribution in [2.75, 3.05) is 11.1 Å². The van der Waals surface area contributed by atoms with E-state index in [0.717, 1.165) is 18.5 Å². The SMILES string of the molecule is Cc1cc(NC2CC(O)C2)c(N)cc1F. The Morgan fingerprint density at radius 2 is 2.13 bits per heavy atom. The number of aliphatic hydroxyl groups is 1. The number of rotatable bonds is 2. The Hall–Kier alpha value is -1.29. The van der Waals surface area contributed by atoms with Gasteiger partial charge in [-0.15, -0.1) is 0 Å². The molecule has 15 heavy (non-hydrogen) atoms. The second kappa shape index (κ2) is 3.70. The third kappa shape index (κ3) is 2.04. The first-order valence-electron chi connectivity index (χ1n) is 5.06. The van der Waals surface area contributed by atoms with E-state index >= 15 is 0 Å². The van der Waals surface area contributed by atoms with Crippen LogP contribution in [-0.4, -0.2) is 17.3 Å². The lowest BCUT2D eigenvalue weighted by Crippen LogP contribution is -2.39. The number of aliphatic hydroxyl groups excluding tert-OH is 1. The average molecular weight is 210 g/mol. The zero-order valence-electron chi connectivity index (χ0n) is 8.63. The lowest BCUT2D eigenvalue weighted by Gasteiger charge is -2.33. The zero-order chi connectivity index (χ0) is 11.0. The van der Waals surface area contributed by atoms with Gasteiger partial charge in [-0.05, 0) is 37.5 Å². The summed E-state index contributed by atoms with van der Waals surface area (Å²) >= 11 is 0. The molecule has 1 aliphatic rings. The molecular weight excluding hydrogens is 195 g/mol. The molecule has 4 heteroatoms. The highest BCUT2D eigenvalue weighted by atomic mass is 19.1. The fraction of sp³-hybridized carbons (Fsp3) is 0.455. The first kappa shape index (κ1) is 10.2. The van der Waals surface area contributed by atoms with Crippen LogP contribution in [0.15, 0.2) is 12.1 Å². The molecule has 0 atom stereocenters. The molecule has 0 unspecified atom stereocenters. The summed E-state index contributed by atoms with van der Waals surface area (Å²) in [6.45, 7) is 1.70. The van der Waals surface area contributed by atoms with Crippen LogP contribution in [0.5, 0.6) is 0 Å². The molecule has 1 fully saturated rings. The summed E-state index contributed by atoms with van der Waals surface area (Å²) in [5.41, 5.74) is 7.43. The molecule has 0 spiro atoms. The van der Waals surface area contributed by atoms with Crippen molar-refractivity contribution in [1.29, 1.82) is 0 Å². The summed E-state index contributed by atoms with van der Waals surface area (Å²) in [7, 11) is 0. The topological polar surface area (TPSA) is 58.3 Å². The summed E-state index contributed by atoms with van der Waals surface area (Å²) in [6.07, 6.45) is 1.26. The summed E-state index contributed by atoms with van der Waals surface area (Å²) in [6, 6.07) is 3.29. The minimum Gasteiger partial charge on any atom is -0.397 e. The standard InChI is InChI=1S/C11H15FN2O/c1-6-2-11(10(13)5-9(6)12)14-7-3-8(15)4-7/h2,5,7-8,14-15H,3-4,13H2,1H3. The number of hydrogen-bond donors (Lipinski definition) is 3. The van der Waals surface area contributed by atoms with E-state index in [9.17, 15) is 4.39 Å². The highest BCUT2D eigenvalue weighted by Crippen LogP contribution is 2.28. The normalized spacial score (nSPS) is 24.7. The molecule has 0 aromatic heterocycles. The van der Waals surface area contributed by atoms with Gasteiger partial charge in [0.1, 0.15) is 5.82 Å². The molecule has 1 aromatic carbocycles. The molecular formula is C11H15FN2O. The molecule has 0 radical (unpaired) electrons. The largest absolute Gasteiger partial charge is 0.397 e. The highest BCUT2D eigenvalue weighted by molar-refractivity contribution is 5.67. The third-order valence-corrected chi connectivity index (χ3v) is 2.80. The third-order valence-electron chi connectivity index (χ3n) is 2.80. The molecule has 0 saturated heterocycles. The maximum atomic E-state index is 13.1. The van der Waals surface area contributed by atoms with Gasteiger partial charge in [0.2, 0.25) is 0 Å². The van der Waals surface area contributed by atoms with Crippen LogP contribution >= 0.6 is 0 Å². The fourth-order valence-corrected chi connectivity index (χ4v) is 1.75. The van der Waals surface area contributed by atoms with Crippen LogP contribution in [0.2, 0.25) is 0 Å². The zero-order valence-corrected chi connectivity index (χ0v) is 8.63. The van der Waals surface area contributed by atoms with Crippen LogP contribution in [0.3, 0.4) is 0 Å². The van der Waals surface area contributed by atoms with Gasteiger partial charge in [-0.25, -0.2) is 4.39 Å². The van der Waals surface area contributed by atoms with E-state index in [1.54, 1.807) is 13.0 Å². The van der Waals surface area contributed by atoms with Gasteiger partial charge in [0.05, 0.1) is 17.5 Å². The molecule has 1 saturated carbocycles. The Bertz CT molecular complexity index is 375. The van der Waals surface area contributed by atoms with Crippen LogP contribution in [0, 0.1) is 12.7 Å². The van der Waals surface area contributed by atoms with Crippen molar-refractivity contribution in [3.8, 4) is 0 Å². The molecule has 2 rings (SSSR count). The van der Waals surface area contributed by atoms with Crippen LogP contribution < -0.4 is 11.1 Å². The number of nitrogen functional groups attached to an aromatic ring is 1. The Labute approximate surface area is 88.1 Å². The molecule has 0 bridgehead atoms. The summed E-state index contributed by atoms with van der Waals surface area (Å²) in [5.74, 6) is -0.285. The average Bonchev–Trinajstić information content (AvgIpc) is 2.11. The van der Waals surface area contributed by atoms with Crippen molar-refractivity contribution < 1.29 is 9.50 Å². The van der Waals surface area contributed by atoms with Gasteiger partial charge in [-0.2, -0.15) is 0 Å². The molecule has 0 aliphatic heterocycles. The molecule has 0 amide bonds. The Kier molecular flexibility index (Phi) is 2.52. The predicted octanol–water partition coefficient (Wildman–Crippen LogP) is 1.65. The van der Waals surface area contributed by atoms with Crippen molar-refractivity contribution in [3.05, 3.63) is 23.5 Å². The smallest absolute Gasteiger partial charge is 0.128 e. The van der Waals surface area contributed by atoms with E-state index in [4.69, 9.17) is 10.8 Å². The second-order valence-electron chi connectivity index (χ2n) is 4.16. The number of nitrogens with one attached hydrogen (secondary N) is 1. The van der Waals surface area contributed by atoms with Crippen molar-refractivity contribution in [3.63, 3.8) is 0 Å². The van der Waals surface area contributed by atoms with Crippen molar-refractivity contribution in [2.24, 2.45) is 0 Å². The lowest BCUT2D eigenvalue weighted by atomic mass is 9.89. The summed E-state index contributed by atoms with van der Waals surface area (Å²) < 4.78 is 13.1. The van der Waals surface area contributed by atoms with E-state index in [1.807, 2.05) is 0 Å². The van der Waals surface area contributed by atoms with Gasteiger partial charge in [0.25, 0.3) is 0 Å². The van der Waals surface area contributed by atoms with E-state index in [2.05, 4.69) is 5.32 Å². The Balaban J connectivity index is 2.11. The fourth-order valence-electron chi connectivity index (χ4n) is 1.75. The van der Waals surface area contributed by atoms with Crippen molar-refractivity contribution >= 4 is 11.4 Å². The number of hydrogen-bond acceptors (Lipinski definition) is 3. The summed E-state index contributed by atoms with van der Waals surface area (Å²) in [4.78, 5) is 0. The Morgan fingerprint density at radius 1 is 1.47 bits per heavy atom. The highest BCUT2D eigenvalue weighted by Gasteiger charge is 2.27. The van der Waals surface area contributed by atoms with E-state index in [1.165, 1.54) is 6.07 Å². The molecule has 82 valence electrons. The van der Waals surface area contributed by atoms with Gasteiger partial charge in [-0.3, -0.25) is 0 Å². The number of nitrogens with two attached hydrogens (primary N) is 1. The van der Waals surface area contributed by atoms with Crippen LogP contribution in [0.1, 0.15) is 18.4 Å². The van der Waals surface area contributed by atoms with Gasteiger partial charge in [-0.1, -0.05) is 0 Å². The van der Waals surface area contributed by atoms with E-state index in [-0.39, 0.29) is 18.0 Å². The number of halogens is 1. The number of anilines is 2. The minimum absolute atomic E-state index is 0.203. The maximum absolute atomic E-state index is 13.1. The minimum atomic E-state index is -0.285. The number of aryl methyl sites for hydroxylation is 1. The van der Waals surface area contributed by atoms with E-state index in [0.29, 0.717) is 11.3 Å². The quantitative estimate of drug-likeness (QED) is 0.650. The van der Waals surface area contributed by atoms with Crippen LogP contribution in [0.25, 0.3) is 0 Å². The van der Waals surface area contributed by atoms with Gasteiger partial charge in [0, 0.05) is 6.04 Å². The van der Waals surface area contributed by atoms with Crippen molar-refractivity contribution in [2.45, 2.75) is 31.9 Å². The van der Waals surface area contributed by atoms with Crippen LogP contribution in [-0.2, 0) is 0 Å². The number of benzene rings is 1. The molecule has 1 aliphatic carbocycles. The molecule has 0 heterocycles. The van der Waals surface area contributed by atoms with Gasteiger partial charge >= 0.3 is 0 Å². The second-order valence-corrected chi connectivity index (χ2v) is 4.16. The summed E-state index contributed by atoms with van der Waals surface area (Å²) in [5, 5.41) is 12.3. The van der Waals surface area contributed by atoms with Gasteiger partial charge < -0.3 is 16.2 Å². The Morgan fingerprint density at radius 3 is 2.73 bits per heavy atom. The lowest BCUT2D eigenvalue weighted by molar-refractivity contribution is 0.0837. The van der Waals surface area contributed by atoms with Crippen LogP contribution in [0.4, 0.5) is 15.8 Å². The molecule has 1 aromatic rings. The van der Waals surface area contributed by atoms with Gasteiger partial charge in [0.15, 0.2) is 0 Å². The monoisotopic (exact) mass is 210 g/mol. The van der Waals surface area contributed by atoms with Crippen molar-refractivity contribution in [1.82, 2.24) is 0 Å². The molecule has 4 N–H and O–H groups in total. The first-order valence-corrected chi connectivity index (χ1v) is 5.06. The molecule has 3 nitrogen and oxygen atoms in total. The first-order chi connectivity index (χ1) is 7.06.